The minimum Gasteiger partial charge on any atom is -0.493 e. The molecule has 8 nitrogen and oxygen atoms in total. The molecular weight excluding hydrogens is 400 g/mol. The van der Waals surface area contributed by atoms with Gasteiger partial charge in [-0.3, -0.25) is 9.59 Å². The first-order valence-corrected chi connectivity index (χ1v) is 9.92. The van der Waals surface area contributed by atoms with Crippen molar-refractivity contribution in [2.45, 2.75) is 33.1 Å². The fraction of sp³-hybridized carbons (Fsp3) is 0.391. The molecule has 2 amide bonds. The number of amides is 2. The Labute approximate surface area is 182 Å². The van der Waals surface area contributed by atoms with E-state index in [4.69, 9.17) is 18.9 Å². The van der Waals surface area contributed by atoms with Gasteiger partial charge in [-0.2, -0.15) is 0 Å². The molecule has 8 heteroatoms. The van der Waals surface area contributed by atoms with E-state index in [1.165, 1.54) is 33.5 Å². The number of hydrogen-bond donors (Lipinski definition) is 2. The maximum absolute atomic E-state index is 12.5. The third-order valence-electron chi connectivity index (χ3n) is 4.50. The Bertz CT molecular complexity index is 872. The summed E-state index contributed by atoms with van der Waals surface area (Å²) in [6, 6.07) is 10.8. The molecule has 2 aromatic rings. The van der Waals surface area contributed by atoms with Gasteiger partial charge in [0.2, 0.25) is 11.7 Å². The smallest absolute Gasteiger partial charge is 0.251 e. The van der Waals surface area contributed by atoms with Crippen molar-refractivity contribution in [1.29, 1.82) is 0 Å². The molecule has 0 fully saturated rings. The van der Waals surface area contributed by atoms with Gasteiger partial charge in [-0.25, -0.2) is 0 Å². The molecule has 0 saturated carbocycles. The standard InChI is InChI=1S/C23H30N2O6/c1-15(2)31-14-17-9-7-6-8-16(17)12-24-21(26)13-25-23(27)18-10-19(28-3)22(30-5)20(11-18)29-4/h6-11,15H,12-14H2,1-5H3,(H,24,26)(H,25,27). The Morgan fingerprint density at radius 1 is 0.903 bits per heavy atom. The highest BCUT2D eigenvalue weighted by molar-refractivity contribution is 5.97. The summed E-state index contributed by atoms with van der Waals surface area (Å²) in [5.41, 5.74) is 2.27. The van der Waals surface area contributed by atoms with E-state index in [-0.39, 0.29) is 18.6 Å². The SMILES string of the molecule is COc1cc(C(=O)NCC(=O)NCc2ccccc2COC(C)C)cc(OC)c1OC. The first kappa shape index (κ1) is 24.0. The van der Waals surface area contributed by atoms with Crippen molar-refractivity contribution in [3.8, 4) is 17.2 Å². The third kappa shape index (κ3) is 6.89. The molecule has 0 aliphatic rings. The van der Waals surface area contributed by atoms with Gasteiger partial charge < -0.3 is 29.6 Å². The molecule has 0 saturated heterocycles. The number of carbonyl (C=O) groups is 2. The highest BCUT2D eigenvalue weighted by Gasteiger charge is 2.17. The molecule has 2 rings (SSSR count). The maximum atomic E-state index is 12.5. The topological polar surface area (TPSA) is 95.1 Å². The summed E-state index contributed by atoms with van der Waals surface area (Å²) in [5.74, 6) is 0.369. The van der Waals surface area contributed by atoms with Crippen LogP contribution in [0, 0.1) is 0 Å². The predicted octanol–water partition coefficient (Wildman–Crippen LogP) is 2.68. The first-order valence-electron chi connectivity index (χ1n) is 9.92. The van der Waals surface area contributed by atoms with Crippen LogP contribution in [0.4, 0.5) is 0 Å². The average molecular weight is 431 g/mol. The van der Waals surface area contributed by atoms with E-state index < -0.39 is 5.91 Å². The lowest BCUT2D eigenvalue weighted by Gasteiger charge is -2.14. The number of hydrogen-bond acceptors (Lipinski definition) is 6. The van der Waals surface area contributed by atoms with Crippen LogP contribution in [0.3, 0.4) is 0 Å². The summed E-state index contributed by atoms with van der Waals surface area (Å²) >= 11 is 0. The quantitative estimate of drug-likeness (QED) is 0.569. The van der Waals surface area contributed by atoms with E-state index in [0.717, 1.165) is 11.1 Å². The van der Waals surface area contributed by atoms with Crippen LogP contribution in [0.5, 0.6) is 17.2 Å². The first-order chi connectivity index (χ1) is 14.9. The van der Waals surface area contributed by atoms with Crippen LogP contribution < -0.4 is 24.8 Å². The van der Waals surface area contributed by atoms with Gasteiger partial charge in [0, 0.05) is 12.1 Å². The van der Waals surface area contributed by atoms with Crippen molar-refractivity contribution in [3.05, 3.63) is 53.1 Å². The molecule has 168 valence electrons. The number of methoxy groups -OCH3 is 3. The maximum Gasteiger partial charge on any atom is 0.251 e. The Morgan fingerprint density at radius 3 is 2.06 bits per heavy atom. The lowest BCUT2D eigenvalue weighted by Crippen LogP contribution is -2.36. The molecule has 0 bridgehead atoms. The van der Waals surface area contributed by atoms with Crippen molar-refractivity contribution in [3.63, 3.8) is 0 Å². The summed E-state index contributed by atoms with van der Waals surface area (Å²) in [5, 5.41) is 5.42. The normalized spacial score (nSPS) is 10.5. The summed E-state index contributed by atoms with van der Waals surface area (Å²) in [4.78, 5) is 24.8. The molecule has 0 heterocycles. The summed E-state index contributed by atoms with van der Waals surface area (Å²) in [6.07, 6.45) is 0.119. The van der Waals surface area contributed by atoms with Gasteiger partial charge in [0.15, 0.2) is 11.5 Å². The van der Waals surface area contributed by atoms with Crippen molar-refractivity contribution in [1.82, 2.24) is 10.6 Å². The van der Waals surface area contributed by atoms with Crippen LogP contribution in [-0.2, 0) is 22.7 Å². The van der Waals surface area contributed by atoms with E-state index in [9.17, 15) is 9.59 Å². The Hall–Kier alpha value is -3.26. The summed E-state index contributed by atoms with van der Waals surface area (Å²) < 4.78 is 21.4. The van der Waals surface area contributed by atoms with Crippen molar-refractivity contribution in [2.24, 2.45) is 0 Å². The average Bonchev–Trinajstić information content (AvgIpc) is 2.78. The minimum atomic E-state index is -0.430. The van der Waals surface area contributed by atoms with Crippen LogP contribution in [-0.4, -0.2) is 45.8 Å². The molecule has 0 atom stereocenters. The Balaban J connectivity index is 1.94. The van der Waals surface area contributed by atoms with E-state index in [1.54, 1.807) is 0 Å². The molecule has 0 aromatic heterocycles. The van der Waals surface area contributed by atoms with Crippen LogP contribution in [0.25, 0.3) is 0 Å². The molecule has 0 radical (unpaired) electrons. The molecule has 0 unspecified atom stereocenters. The van der Waals surface area contributed by atoms with E-state index in [0.29, 0.717) is 36.0 Å². The second-order valence-corrected chi connectivity index (χ2v) is 7.00. The monoisotopic (exact) mass is 430 g/mol. The van der Waals surface area contributed by atoms with Crippen molar-refractivity contribution < 1.29 is 28.5 Å². The van der Waals surface area contributed by atoms with Crippen molar-refractivity contribution >= 4 is 11.8 Å². The number of benzene rings is 2. The summed E-state index contributed by atoms with van der Waals surface area (Å²) in [6.45, 7) is 4.60. The lowest BCUT2D eigenvalue weighted by molar-refractivity contribution is -0.120. The van der Waals surface area contributed by atoms with E-state index >= 15 is 0 Å². The third-order valence-corrected chi connectivity index (χ3v) is 4.50. The highest BCUT2D eigenvalue weighted by atomic mass is 16.5. The number of ether oxygens (including phenoxy) is 4. The largest absolute Gasteiger partial charge is 0.493 e. The molecule has 0 aliphatic carbocycles. The second-order valence-electron chi connectivity index (χ2n) is 7.00. The minimum absolute atomic E-state index is 0.119. The van der Waals surface area contributed by atoms with Gasteiger partial charge in [-0.05, 0) is 37.1 Å². The lowest BCUT2D eigenvalue weighted by atomic mass is 10.1. The van der Waals surface area contributed by atoms with Crippen LogP contribution in [0.15, 0.2) is 36.4 Å². The number of rotatable bonds is 11. The zero-order chi connectivity index (χ0) is 22.8. The molecular formula is C23H30N2O6. The molecule has 0 aliphatic heterocycles. The highest BCUT2D eigenvalue weighted by Crippen LogP contribution is 2.38. The predicted molar refractivity (Wildman–Crippen MR) is 117 cm³/mol. The van der Waals surface area contributed by atoms with Crippen LogP contribution in [0.1, 0.15) is 35.3 Å². The molecule has 0 spiro atoms. The Morgan fingerprint density at radius 2 is 1.52 bits per heavy atom. The van der Waals surface area contributed by atoms with Crippen LogP contribution >= 0.6 is 0 Å². The zero-order valence-electron chi connectivity index (χ0n) is 18.6. The van der Waals surface area contributed by atoms with Gasteiger partial charge >= 0.3 is 0 Å². The fourth-order valence-electron chi connectivity index (χ4n) is 2.86. The fourth-order valence-corrected chi connectivity index (χ4v) is 2.86. The van der Waals surface area contributed by atoms with E-state index in [2.05, 4.69) is 10.6 Å². The molecule has 2 aromatic carbocycles. The van der Waals surface area contributed by atoms with Crippen LogP contribution in [0.2, 0.25) is 0 Å². The van der Waals surface area contributed by atoms with Crippen molar-refractivity contribution in [2.75, 3.05) is 27.9 Å². The summed E-state index contributed by atoms with van der Waals surface area (Å²) in [7, 11) is 4.42. The number of nitrogens with one attached hydrogen (secondary N) is 2. The molecule has 31 heavy (non-hydrogen) atoms. The number of carbonyl (C=O) groups excluding carboxylic acids is 2. The van der Waals surface area contributed by atoms with Gasteiger partial charge in [0.05, 0.1) is 40.6 Å². The van der Waals surface area contributed by atoms with Gasteiger partial charge in [-0.15, -0.1) is 0 Å². The molecule has 2 N–H and O–H groups in total. The van der Waals surface area contributed by atoms with Gasteiger partial charge in [0.25, 0.3) is 5.91 Å². The Kier molecular flexibility index (Phi) is 9.14. The van der Waals surface area contributed by atoms with Gasteiger partial charge in [-0.1, -0.05) is 24.3 Å². The van der Waals surface area contributed by atoms with E-state index in [1.807, 2.05) is 38.1 Å². The second kappa shape index (κ2) is 11.8. The zero-order valence-corrected chi connectivity index (χ0v) is 18.6. The van der Waals surface area contributed by atoms with Gasteiger partial charge in [0.1, 0.15) is 0 Å².